The second-order valence-electron chi connectivity index (χ2n) is 6.60. The molecule has 0 saturated carbocycles. The highest BCUT2D eigenvalue weighted by Crippen LogP contribution is 2.27. The lowest BCUT2D eigenvalue weighted by Gasteiger charge is -2.17. The lowest BCUT2D eigenvalue weighted by molar-refractivity contribution is -0.122. The van der Waals surface area contributed by atoms with Crippen molar-refractivity contribution in [3.63, 3.8) is 0 Å². The van der Waals surface area contributed by atoms with Gasteiger partial charge in [0.2, 0.25) is 11.8 Å². The molecule has 0 bridgehead atoms. The minimum absolute atomic E-state index is 0.0830. The third kappa shape index (κ3) is 4.49. The lowest BCUT2D eigenvalue weighted by atomic mass is 10.0. The molecule has 26 heavy (non-hydrogen) atoms. The molecule has 2 aromatic carbocycles. The summed E-state index contributed by atoms with van der Waals surface area (Å²) >= 11 is 0. The van der Waals surface area contributed by atoms with Crippen LogP contribution < -0.4 is 16.0 Å². The minimum Gasteiger partial charge on any atom is -0.356 e. The van der Waals surface area contributed by atoms with Crippen molar-refractivity contribution in [1.82, 2.24) is 5.32 Å². The van der Waals surface area contributed by atoms with Crippen LogP contribution in [0.15, 0.2) is 54.6 Å². The third-order valence-electron chi connectivity index (χ3n) is 4.71. The number of nitrogens with two attached hydrogens (primary N) is 1. The number of rotatable bonds is 7. The van der Waals surface area contributed by atoms with Crippen molar-refractivity contribution in [1.29, 1.82) is 0 Å². The maximum atomic E-state index is 12.4. The van der Waals surface area contributed by atoms with Gasteiger partial charge in [0.1, 0.15) is 0 Å². The van der Waals surface area contributed by atoms with E-state index in [4.69, 9.17) is 5.73 Å². The monoisotopic (exact) mass is 351 g/mol. The van der Waals surface area contributed by atoms with E-state index >= 15 is 0 Å². The Labute approximate surface area is 154 Å². The molecular formula is C21H25N3O2. The summed E-state index contributed by atoms with van der Waals surface area (Å²) in [4.78, 5) is 26.3. The van der Waals surface area contributed by atoms with Crippen LogP contribution in [0, 0.1) is 0 Å². The Bertz CT molecular complexity index is 761. The van der Waals surface area contributed by atoms with Crippen molar-refractivity contribution in [2.24, 2.45) is 5.73 Å². The summed E-state index contributed by atoms with van der Waals surface area (Å²) in [6.07, 6.45) is 2.22. The first-order valence-corrected chi connectivity index (χ1v) is 9.10. The van der Waals surface area contributed by atoms with Gasteiger partial charge in [0.25, 0.3) is 0 Å². The normalized spacial score (nSPS) is 14.0. The molecule has 0 aromatic heterocycles. The zero-order chi connectivity index (χ0) is 18.4. The number of carbonyl (C=O) groups is 2. The second-order valence-corrected chi connectivity index (χ2v) is 6.60. The van der Waals surface area contributed by atoms with Gasteiger partial charge in [-0.3, -0.25) is 9.59 Å². The van der Waals surface area contributed by atoms with Crippen LogP contribution in [0.4, 0.5) is 5.69 Å². The van der Waals surface area contributed by atoms with E-state index in [9.17, 15) is 9.59 Å². The van der Waals surface area contributed by atoms with Crippen LogP contribution in [0.2, 0.25) is 0 Å². The first kappa shape index (κ1) is 18.1. The Kier molecular flexibility index (Phi) is 6.02. The zero-order valence-electron chi connectivity index (χ0n) is 14.9. The first-order valence-electron chi connectivity index (χ1n) is 9.10. The van der Waals surface area contributed by atoms with Crippen LogP contribution >= 0.6 is 0 Å². The predicted molar refractivity (Wildman–Crippen MR) is 103 cm³/mol. The standard InChI is InChI=1S/C21H25N3O2/c22-18(16-7-2-1-3-8-16)15-20(25)23-13-6-11-21(26)24-14-12-17-9-4-5-10-19(17)24/h1-5,7-10,18H,6,11-15,22H2,(H,23,25). The van der Waals surface area contributed by atoms with Crippen molar-refractivity contribution in [3.05, 3.63) is 65.7 Å². The van der Waals surface area contributed by atoms with Gasteiger partial charge in [0.15, 0.2) is 0 Å². The summed E-state index contributed by atoms with van der Waals surface area (Å²) in [6.45, 7) is 1.23. The molecule has 3 N–H and O–H groups in total. The fourth-order valence-corrected chi connectivity index (χ4v) is 3.29. The molecule has 0 fully saturated rings. The highest BCUT2D eigenvalue weighted by atomic mass is 16.2. The van der Waals surface area contributed by atoms with E-state index in [1.807, 2.05) is 53.4 Å². The van der Waals surface area contributed by atoms with Gasteiger partial charge in [-0.05, 0) is 30.0 Å². The number of hydrogen-bond donors (Lipinski definition) is 2. The number of carbonyl (C=O) groups excluding carboxylic acids is 2. The molecule has 1 atom stereocenters. The molecule has 2 amide bonds. The summed E-state index contributed by atoms with van der Waals surface area (Å²) in [6, 6.07) is 17.3. The largest absolute Gasteiger partial charge is 0.356 e. The van der Waals surface area contributed by atoms with E-state index in [-0.39, 0.29) is 24.3 Å². The molecule has 1 heterocycles. The van der Waals surface area contributed by atoms with Gasteiger partial charge in [-0.2, -0.15) is 0 Å². The summed E-state index contributed by atoms with van der Waals surface area (Å²) in [5.41, 5.74) is 9.25. The average Bonchev–Trinajstić information content (AvgIpc) is 3.10. The molecule has 1 aliphatic heterocycles. The molecule has 136 valence electrons. The van der Waals surface area contributed by atoms with Crippen molar-refractivity contribution < 1.29 is 9.59 Å². The van der Waals surface area contributed by atoms with Crippen molar-refractivity contribution >= 4 is 17.5 Å². The lowest BCUT2D eigenvalue weighted by Crippen LogP contribution is -2.31. The molecule has 0 aliphatic carbocycles. The fourth-order valence-electron chi connectivity index (χ4n) is 3.29. The molecule has 0 saturated heterocycles. The van der Waals surface area contributed by atoms with Crippen molar-refractivity contribution in [3.8, 4) is 0 Å². The van der Waals surface area contributed by atoms with E-state index in [1.54, 1.807) is 0 Å². The Morgan fingerprint density at radius 1 is 1.08 bits per heavy atom. The smallest absolute Gasteiger partial charge is 0.227 e. The van der Waals surface area contributed by atoms with Crippen molar-refractivity contribution in [2.45, 2.75) is 31.7 Å². The maximum Gasteiger partial charge on any atom is 0.227 e. The summed E-state index contributed by atoms with van der Waals surface area (Å²) < 4.78 is 0. The SMILES string of the molecule is NC(CC(=O)NCCCC(=O)N1CCc2ccccc21)c1ccccc1. The van der Waals surface area contributed by atoms with E-state index in [2.05, 4.69) is 11.4 Å². The minimum atomic E-state index is -0.307. The molecule has 0 radical (unpaired) electrons. The Morgan fingerprint density at radius 2 is 1.81 bits per heavy atom. The van der Waals surface area contributed by atoms with Gasteiger partial charge in [0.05, 0.1) is 0 Å². The molecule has 2 aromatic rings. The molecule has 3 rings (SSSR count). The van der Waals surface area contributed by atoms with Gasteiger partial charge in [0, 0.05) is 37.7 Å². The van der Waals surface area contributed by atoms with Crippen LogP contribution in [0.5, 0.6) is 0 Å². The Balaban J connectivity index is 1.38. The van der Waals surface area contributed by atoms with Gasteiger partial charge in [-0.25, -0.2) is 0 Å². The summed E-state index contributed by atoms with van der Waals surface area (Å²) in [7, 11) is 0. The quantitative estimate of drug-likeness (QED) is 0.753. The average molecular weight is 351 g/mol. The number of benzene rings is 2. The van der Waals surface area contributed by atoms with Gasteiger partial charge in [-0.15, -0.1) is 0 Å². The number of nitrogens with one attached hydrogen (secondary N) is 1. The topological polar surface area (TPSA) is 75.4 Å². The first-order chi connectivity index (χ1) is 12.6. The van der Waals surface area contributed by atoms with E-state index in [1.165, 1.54) is 5.56 Å². The number of para-hydroxylation sites is 1. The maximum absolute atomic E-state index is 12.4. The van der Waals surface area contributed by atoms with Gasteiger partial charge in [-0.1, -0.05) is 48.5 Å². The van der Waals surface area contributed by atoms with E-state index in [0.717, 1.165) is 24.2 Å². The van der Waals surface area contributed by atoms with Gasteiger partial charge >= 0.3 is 0 Å². The fraction of sp³-hybridized carbons (Fsp3) is 0.333. The molecule has 1 unspecified atom stereocenters. The van der Waals surface area contributed by atoms with Crippen LogP contribution in [0.1, 0.15) is 36.4 Å². The number of amides is 2. The molecule has 0 spiro atoms. The number of hydrogen-bond acceptors (Lipinski definition) is 3. The summed E-state index contributed by atoms with van der Waals surface area (Å²) in [5, 5.41) is 2.86. The van der Waals surface area contributed by atoms with Crippen LogP contribution in [0.3, 0.4) is 0 Å². The second kappa shape index (κ2) is 8.63. The highest BCUT2D eigenvalue weighted by molar-refractivity contribution is 5.95. The van der Waals surface area contributed by atoms with Gasteiger partial charge < -0.3 is 16.0 Å². The Hall–Kier alpha value is -2.66. The summed E-state index contributed by atoms with van der Waals surface area (Å²) in [5.74, 6) is 0.0329. The van der Waals surface area contributed by atoms with Crippen LogP contribution in [0.25, 0.3) is 0 Å². The predicted octanol–water partition coefficient (Wildman–Crippen LogP) is 2.56. The molecule has 5 nitrogen and oxygen atoms in total. The van der Waals surface area contributed by atoms with Crippen molar-refractivity contribution in [2.75, 3.05) is 18.0 Å². The molecular weight excluding hydrogens is 326 g/mol. The van der Waals surface area contributed by atoms with Crippen LogP contribution in [-0.2, 0) is 16.0 Å². The van der Waals surface area contributed by atoms with Crippen LogP contribution in [-0.4, -0.2) is 24.9 Å². The number of anilines is 1. The zero-order valence-corrected chi connectivity index (χ0v) is 14.9. The Morgan fingerprint density at radius 3 is 2.62 bits per heavy atom. The van der Waals surface area contributed by atoms with E-state index in [0.29, 0.717) is 19.4 Å². The number of nitrogens with zero attached hydrogens (tertiary/aromatic N) is 1. The van der Waals surface area contributed by atoms with E-state index < -0.39 is 0 Å². The molecule has 1 aliphatic rings. The highest BCUT2D eigenvalue weighted by Gasteiger charge is 2.23. The molecule has 5 heteroatoms. The number of fused-ring (bicyclic) bond motifs is 1. The third-order valence-corrected chi connectivity index (χ3v) is 4.71.